The fourth-order valence-electron chi connectivity index (χ4n) is 4.89. The third-order valence-corrected chi connectivity index (χ3v) is 12.4. The summed E-state index contributed by atoms with van der Waals surface area (Å²) in [5, 5.41) is 4.39. The van der Waals surface area contributed by atoms with E-state index in [9.17, 15) is 0 Å². The van der Waals surface area contributed by atoms with E-state index in [1.807, 2.05) is 0 Å². The van der Waals surface area contributed by atoms with E-state index in [2.05, 4.69) is 142 Å². The molecule has 1 unspecified atom stereocenters. The minimum absolute atomic E-state index is 0. The molecule has 4 aromatic carbocycles. The Kier molecular flexibility index (Phi) is 9.60. The Balaban J connectivity index is 0.00000121. The van der Waals surface area contributed by atoms with E-state index >= 15 is 0 Å². The summed E-state index contributed by atoms with van der Waals surface area (Å²) in [6.07, 6.45) is 2.40. The molecule has 4 aromatic rings. The molecule has 0 saturated carbocycles. The number of benzene rings is 4. The minimum atomic E-state index is -2.37. The summed E-state index contributed by atoms with van der Waals surface area (Å²) >= 11 is 2.32. The molecule has 0 aliphatic heterocycles. The number of hydrogen-bond acceptors (Lipinski definition) is 0. The number of hydrogen-bond donors (Lipinski definition) is 0. The van der Waals surface area contributed by atoms with Crippen LogP contribution in [0.2, 0.25) is 0 Å². The van der Waals surface area contributed by atoms with Gasteiger partial charge in [0.1, 0.15) is 0 Å². The molecule has 1 aliphatic rings. The van der Waals surface area contributed by atoms with Gasteiger partial charge in [-0.1, -0.05) is 0 Å². The van der Waals surface area contributed by atoms with Gasteiger partial charge in [0, 0.05) is 0 Å². The van der Waals surface area contributed by atoms with Crippen LogP contribution in [0.3, 0.4) is 0 Å². The summed E-state index contributed by atoms with van der Waals surface area (Å²) in [6.45, 7) is 0. The quantitative estimate of drug-likeness (QED) is 0.185. The van der Waals surface area contributed by atoms with E-state index in [1.165, 1.54) is 30.6 Å². The number of allylic oxidation sites excluding steroid dienone is 1. The first-order valence-corrected chi connectivity index (χ1v) is 12.9. The van der Waals surface area contributed by atoms with E-state index < -0.39 is 8.07 Å². The van der Waals surface area contributed by atoms with Gasteiger partial charge in [-0.15, -0.1) is 0 Å². The molecule has 0 aromatic heterocycles. The van der Waals surface area contributed by atoms with Crippen LogP contribution in [0.4, 0.5) is 0 Å². The molecule has 0 nitrogen and oxygen atoms in total. The van der Waals surface area contributed by atoms with E-state index in [4.69, 9.17) is 0 Å². The summed E-state index contributed by atoms with van der Waals surface area (Å²) in [6, 6.07) is 42.6. The van der Waals surface area contributed by atoms with Crippen LogP contribution >= 0.6 is 0 Å². The van der Waals surface area contributed by atoms with E-state index in [0.29, 0.717) is 5.54 Å². The number of halogens is 3. The summed E-state index contributed by atoms with van der Waals surface area (Å²) in [5.41, 5.74) is 3.22. The Morgan fingerprint density at radius 2 is 0.875 bits per heavy atom. The normalized spacial score (nSPS) is 14.2. The molecular formula is C27H21Cl3SiTi. The fraction of sp³-hybridized carbons (Fsp3) is 0.0370. The van der Waals surface area contributed by atoms with Gasteiger partial charge >= 0.3 is 186 Å². The second kappa shape index (κ2) is 11.5. The number of fused-ring (bicyclic) bond motifs is 1. The molecule has 5 rings (SSSR count). The zero-order valence-electron chi connectivity index (χ0n) is 17.3. The van der Waals surface area contributed by atoms with E-state index in [1.54, 1.807) is 0 Å². The van der Waals surface area contributed by atoms with Crippen molar-refractivity contribution in [3.63, 3.8) is 0 Å². The van der Waals surface area contributed by atoms with E-state index in [-0.39, 0.29) is 37.2 Å². The van der Waals surface area contributed by atoms with Crippen molar-refractivity contribution in [1.82, 2.24) is 0 Å². The SMILES string of the molecule is [Cl-].[Cl-].[Cl-].[Ti+3][C]1=Cc2ccccc2C1[Si](c1ccccc1)(c1ccccc1)c1ccccc1. The van der Waals surface area contributed by atoms with Crippen LogP contribution in [0.1, 0.15) is 16.7 Å². The van der Waals surface area contributed by atoms with Crippen LogP contribution in [0.15, 0.2) is 119 Å². The zero-order chi connectivity index (χ0) is 19.7. The summed E-state index contributed by atoms with van der Waals surface area (Å²) in [7, 11) is -2.37. The average molecular weight is 528 g/mol. The molecule has 0 heterocycles. The first-order chi connectivity index (χ1) is 14.3. The maximum atomic E-state index is 2.40. The molecule has 0 radical (unpaired) electrons. The van der Waals surface area contributed by atoms with Crippen LogP contribution in [0.25, 0.3) is 6.08 Å². The summed E-state index contributed by atoms with van der Waals surface area (Å²) in [5.74, 6) is 0. The first-order valence-electron chi connectivity index (χ1n) is 10.0. The van der Waals surface area contributed by atoms with Gasteiger partial charge in [0.05, 0.1) is 0 Å². The predicted molar refractivity (Wildman–Crippen MR) is 121 cm³/mol. The molecule has 0 amide bonds. The molecule has 0 N–H and O–H groups in total. The van der Waals surface area contributed by atoms with Crippen molar-refractivity contribution < 1.29 is 57.7 Å². The van der Waals surface area contributed by atoms with Crippen molar-refractivity contribution in [1.29, 1.82) is 0 Å². The molecule has 5 heteroatoms. The van der Waals surface area contributed by atoms with Crippen molar-refractivity contribution >= 4 is 29.7 Å². The Morgan fingerprint density at radius 1 is 0.500 bits per heavy atom. The van der Waals surface area contributed by atoms with Crippen molar-refractivity contribution in [2.75, 3.05) is 0 Å². The van der Waals surface area contributed by atoms with Crippen LogP contribution in [0.5, 0.6) is 0 Å². The van der Waals surface area contributed by atoms with Gasteiger partial charge in [-0.3, -0.25) is 0 Å². The van der Waals surface area contributed by atoms with Crippen LogP contribution < -0.4 is 52.8 Å². The summed E-state index contributed by atoms with van der Waals surface area (Å²) < 4.78 is 1.47. The Hall–Kier alpha value is -1.58. The van der Waals surface area contributed by atoms with Crippen LogP contribution in [-0.2, 0) is 20.4 Å². The fourth-order valence-corrected chi connectivity index (χ4v) is 11.8. The molecule has 0 fully saturated rings. The van der Waals surface area contributed by atoms with Gasteiger partial charge in [-0.05, 0) is 0 Å². The van der Waals surface area contributed by atoms with Gasteiger partial charge in [-0.2, -0.15) is 0 Å². The average Bonchev–Trinajstić information content (AvgIpc) is 3.13. The van der Waals surface area contributed by atoms with Gasteiger partial charge in [-0.25, -0.2) is 0 Å². The van der Waals surface area contributed by atoms with Crippen molar-refractivity contribution in [3.05, 3.63) is 130 Å². The van der Waals surface area contributed by atoms with Crippen LogP contribution in [0, 0.1) is 0 Å². The van der Waals surface area contributed by atoms with Gasteiger partial charge in [0.25, 0.3) is 0 Å². The Bertz CT molecular complexity index is 1070. The third-order valence-electron chi connectivity index (χ3n) is 6.05. The number of rotatable bonds is 4. The van der Waals surface area contributed by atoms with Gasteiger partial charge < -0.3 is 37.2 Å². The summed E-state index contributed by atoms with van der Waals surface area (Å²) in [4.78, 5) is 0. The maximum absolute atomic E-state index is 2.40. The van der Waals surface area contributed by atoms with Gasteiger partial charge in [0.15, 0.2) is 0 Å². The Morgan fingerprint density at radius 3 is 1.31 bits per heavy atom. The Labute approximate surface area is 221 Å². The molecule has 0 bridgehead atoms. The van der Waals surface area contributed by atoms with Crippen molar-refractivity contribution in [2.24, 2.45) is 0 Å². The monoisotopic (exact) mass is 526 g/mol. The second-order valence-corrected chi connectivity index (χ2v) is 12.4. The topological polar surface area (TPSA) is 0 Å². The molecule has 158 valence electrons. The molecule has 1 atom stereocenters. The van der Waals surface area contributed by atoms with Gasteiger partial charge in [0.2, 0.25) is 0 Å². The second-order valence-electron chi connectivity index (χ2n) is 7.57. The standard InChI is InChI=1S/C27H21Si.3ClH.Ti/c1-4-13-23(14-5-1)28(24-15-6-2-7-16-24,25-17-8-3-9-18-25)27-21-20-22-12-10-11-19-26(22)27;;;;/h1-20,27H;3*1H;/q;;;;+3/p-3. The van der Waals surface area contributed by atoms with Crippen LogP contribution in [-0.4, -0.2) is 8.07 Å². The zero-order valence-corrected chi connectivity index (χ0v) is 22.1. The molecule has 0 spiro atoms. The molecular weight excluding hydrogens is 507 g/mol. The third kappa shape index (κ3) is 4.43. The molecule has 1 aliphatic carbocycles. The van der Waals surface area contributed by atoms with Crippen molar-refractivity contribution in [3.8, 4) is 0 Å². The predicted octanol–water partition coefficient (Wildman–Crippen LogP) is -4.61. The van der Waals surface area contributed by atoms with E-state index in [0.717, 1.165) is 0 Å². The molecule has 32 heavy (non-hydrogen) atoms. The molecule has 0 saturated heterocycles. The first kappa shape index (κ1) is 26.7. The van der Waals surface area contributed by atoms with Crippen molar-refractivity contribution in [2.45, 2.75) is 5.54 Å².